The minimum absolute atomic E-state index is 0.232. The van der Waals surface area contributed by atoms with Gasteiger partial charge in [0, 0.05) is 19.6 Å². The standard InChI is InChI=1S/C15H33N3/c1-3-4-5-6-7-8-9-10-11-17-15(12-16)13-18(2)14-15/h17H,3-14,16H2,1-2H3. The van der Waals surface area contributed by atoms with Crippen LogP contribution in [0, 0.1) is 0 Å². The average molecular weight is 255 g/mol. The summed E-state index contributed by atoms with van der Waals surface area (Å²) >= 11 is 0. The molecule has 0 aromatic rings. The van der Waals surface area contributed by atoms with Crippen molar-refractivity contribution in [2.24, 2.45) is 5.73 Å². The summed E-state index contributed by atoms with van der Waals surface area (Å²) < 4.78 is 0. The quantitative estimate of drug-likeness (QED) is 0.557. The van der Waals surface area contributed by atoms with Gasteiger partial charge < -0.3 is 16.0 Å². The van der Waals surface area contributed by atoms with Crippen LogP contribution in [0.1, 0.15) is 58.3 Å². The molecule has 3 heteroatoms. The lowest BCUT2D eigenvalue weighted by molar-refractivity contribution is 0.0721. The number of hydrogen-bond acceptors (Lipinski definition) is 3. The fourth-order valence-electron chi connectivity index (χ4n) is 2.91. The van der Waals surface area contributed by atoms with Crippen LogP contribution >= 0.6 is 0 Å². The molecule has 1 aliphatic rings. The molecule has 0 bridgehead atoms. The van der Waals surface area contributed by atoms with E-state index in [2.05, 4.69) is 24.2 Å². The van der Waals surface area contributed by atoms with Gasteiger partial charge in [0.25, 0.3) is 0 Å². The van der Waals surface area contributed by atoms with Gasteiger partial charge in [-0.05, 0) is 20.0 Å². The molecule has 0 aromatic heterocycles. The molecular weight excluding hydrogens is 222 g/mol. The van der Waals surface area contributed by atoms with Crippen molar-refractivity contribution in [3.05, 3.63) is 0 Å². The molecule has 1 fully saturated rings. The summed E-state index contributed by atoms with van der Waals surface area (Å²) in [7, 11) is 2.16. The van der Waals surface area contributed by atoms with Gasteiger partial charge in [-0.25, -0.2) is 0 Å². The number of likely N-dealkylation sites (tertiary alicyclic amines) is 1. The Morgan fingerprint density at radius 3 is 2.06 bits per heavy atom. The van der Waals surface area contributed by atoms with Crippen molar-refractivity contribution in [2.45, 2.75) is 63.8 Å². The van der Waals surface area contributed by atoms with Gasteiger partial charge in [-0.15, -0.1) is 0 Å². The van der Waals surface area contributed by atoms with E-state index in [9.17, 15) is 0 Å². The second-order valence-corrected chi connectivity index (χ2v) is 6.06. The molecule has 1 aliphatic heterocycles. The van der Waals surface area contributed by atoms with E-state index >= 15 is 0 Å². The third-order valence-corrected chi connectivity index (χ3v) is 4.07. The lowest BCUT2D eigenvalue weighted by Crippen LogP contribution is -2.71. The predicted molar refractivity (Wildman–Crippen MR) is 79.9 cm³/mol. The van der Waals surface area contributed by atoms with Crippen molar-refractivity contribution in [1.29, 1.82) is 0 Å². The molecule has 1 saturated heterocycles. The molecule has 0 radical (unpaired) electrons. The zero-order chi connectivity index (χ0) is 13.3. The first-order valence-electron chi connectivity index (χ1n) is 7.86. The number of nitrogens with two attached hydrogens (primary N) is 1. The van der Waals surface area contributed by atoms with Gasteiger partial charge in [-0.1, -0.05) is 51.9 Å². The fourth-order valence-corrected chi connectivity index (χ4v) is 2.91. The van der Waals surface area contributed by atoms with Crippen LogP contribution in [0.15, 0.2) is 0 Å². The van der Waals surface area contributed by atoms with E-state index in [0.29, 0.717) is 0 Å². The Balaban J connectivity index is 1.86. The van der Waals surface area contributed by atoms with Crippen molar-refractivity contribution in [2.75, 3.05) is 33.2 Å². The maximum absolute atomic E-state index is 5.85. The second-order valence-electron chi connectivity index (χ2n) is 6.06. The summed E-state index contributed by atoms with van der Waals surface area (Å²) in [5, 5.41) is 3.66. The molecule has 0 amide bonds. The van der Waals surface area contributed by atoms with E-state index in [0.717, 1.165) is 26.2 Å². The van der Waals surface area contributed by atoms with Crippen LogP contribution in [-0.4, -0.2) is 43.7 Å². The molecule has 0 saturated carbocycles. The van der Waals surface area contributed by atoms with E-state index < -0.39 is 0 Å². The van der Waals surface area contributed by atoms with Crippen LogP contribution in [0.2, 0.25) is 0 Å². The third kappa shape index (κ3) is 5.68. The molecule has 3 nitrogen and oxygen atoms in total. The molecule has 0 spiro atoms. The highest BCUT2D eigenvalue weighted by Gasteiger charge is 2.38. The van der Waals surface area contributed by atoms with E-state index in [4.69, 9.17) is 5.73 Å². The first-order chi connectivity index (χ1) is 8.72. The molecule has 1 heterocycles. The molecule has 0 aromatic carbocycles. The minimum atomic E-state index is 0.232. The van der Waals surface area contributed by atoms with Gasteiger partial charge in [0.1, 0.15) is 0 Å². The van der Waals surface area contributed by atoms with Crippen LogP contribution in [0.3, 0.4) is 0 Å². The zero-order valence-electron chi connectivity index (χ0n) is 12.5. The summed E-state index contributed by atoms with van der Waals surface area (Å²) in [5.41, 5.74) is 6.08. The highest BCUT2D eigenvalue weighted by atomic mass is 15.3. The molecule has 108 valence electrons. The van der Waals surface area contributed by atoms with Gasteiger partial charge in [0.05, 0.1) is 5.54 Å². The maximum atomic E-state index is 5.85. The highest BCUT2D eigenvalue weighted by molar-refractivity contribution is 5.02. The first kappa shape index (κ1) is 15.9. The molecule has 3 N–H and O–H groups in total. The van der Waals surface area contributed by atoms with Crippen LogP contribution in [0.25, 0.3) is 0 Å². The topological polar surface area (TPSA) is 41.3 Å². The Kier molecular flexibility index (Phi) is 7.87. The summed E-state index contributed by atoms with van der Waals surface area (Å²) in [6.45, 7) is 6.41. The normalized spacial score (nSPS) is 18.8. The SMILES string of the molecule is CCCCCCCCCCNC1(CN)CN(C)C1. The Morgan fingerprint density at radius 2 is 1.56 bits per heavy atom. The van der Waals surface area contributed by atoms with Gasteiger partial charge in [0.2, 0.25) is 0 Å². The van der Waals surface area contributed by atoms with E-state index in [1.54, 1.807) is 0 Å². The van der Waals surface area contributed by atoms with Gasteiger partial charge in [-0.2, -0.15) is 0 Å². The van der Waals surface area contributed by atoms with Crippen LogP contribution in [-0.2, 0) is 0 Å². The third-order valence-electron chi connectivity index (χ3n) is 4.07. The Hall–Kier alpha value is -0.120. The number of nitrogens with zero attached hydrogens (tertiary/aromatic N) is 1. The van der Waals surface area contributed by atoms with Crippen LogP contribution < -0.4 is 11.1 Å². The molecule has 18 heavy (non-hydrogen) atoms. The van der Waals surface area contributed by atoms with E-state index in [1.807, 2.05) is 0 Å². The van der Waals surface area contributed by atoms with Gasteiger partial charge >= 0.3 is 0 Å². The van der Waals surface area contributed by atoms with Crippen LogP contribution in [0.4, 0.5) is 0 Å². The monoisotopic (exact) mass is 255 g/mol. The van der Waals surface area contributed by atoms with Crippen molar-refractivity contribution in [3.63, 3.8) is 0 Å². The summed E-state index contributed by atoms with van der Waals surface area (Å²) in [6.07, 6.45) is 11.1. The summed E-state index contributed by atoms with van der Waals surface area (Å²) in [5.74, 6) is 0. The number of likely N-dealkylation sites (N-methyl/N-ethyl adjacent to an activating group) is 1. The second kappa shape index (κ2) is 8.89. The lowest BCUT2D eigenvalue weighted by atomic mass is 9.90. The zero-order valence-corrected chi connectivity index (χ0v) is 12.5. The van der Waals surface area contributed by atoms with Crippen molar-refractivity contribution in [3.8, 4) is 0 Å². The molecule has 0 atom stereocenters. The minimum Gasteiger partial charge on any atom is -0.329 e. The highest BCUT2D eigenvalue weighted by Crippen LogP contribution is 2.17. The smallest absolute Gasteiger partial charge is 0.0561 e. The number of hydrogen-bond donors (Lipinski definition) is 2. The Bertz CT molecular complexity index is 200. The van der Waals surface area contributed by atoms with Gasteiger partial charge in [0.15, 0.2) is 0 Å². The Morgan fingerprint density at radius 1 is 1.00 bits per heavy atom. The number of nitrogens with one attached hydrogen (secondary N) is 1. The van der Waals surface area contributed by atoms with Crippen LogP contribution in [0.5, 0.6) is 0 Å². The van der Waals surface area contributed by atoms with Crippen molar-refractivity contribution in [1.82, 2.24) is 10.2 Å². The van der Waals surface area contributed by atoms with E-state index in [-0.39, 0.29) is 5.54 Å². The summed E-state index contributed by atoms with van der Waals surface area (Å²) in [6, 6.07) is 0. The lowest BCUT2D eigenvalue weighted by Gasteiger charge is -2.48. The van der Waals surface area contributed by atoms with Gasteiger partial charge in [-0.3, -0.25) is 0 Å². The fraction of sp³-hybridized carbons (Fsp3) is 1.00. The van der Waals surface area contributed by atoms with Crippen molar-refractivity contribution < 1.29 is 0 Å². The molecule has 0 unspecified atom stereocenters. The largest absolute Gasteiger partial charge is 0.329 e. The number of rotatable bonds is 11. The van der Waals surface area contributed by atoms with Crippen molar-refractivity contribution >= 4 is 0 Å². The Labute approximate surface area is 113 Å². The van der Waals surface area contributed by atoms with E-state index in [1.165, 1.54) is 51.4 Å². The summed E-state index contributed by atoms with van der Waals surface area (Å²) in [4.78, 5) is 2.33. The molecule has 0 aliphatic carbocycles. The number of unbranched alkanes of at least 4 members (excludes halogenated alkanes) is 7. The predicted octanol–water partition coefficient (Wildman–Crippen LogP) is 2.36. The molecular formula is C15H33N3. The molecule has 1 rings (SSSR count). The first-order valence-corrected chi connectivity index (χ1v) is 7.86. The average Bonchev–Trinajstić information content (AvgIpc) is 2.34. The maximum Gasteiger partial charge on any atom is 0.0561 e.